The van der Waals surface area contributed by atoms with E-state index in [0.29, 0.717) is 5.25 Å². The molecule has 0 saturated heterocycles. The van der Waals surface area contributed by atoms with Crippen LogP contribution in [0.15, 0.2) is 0 Å². The molecule has 0 bridgehead atoms. The second kappa shape index (κ2) is 3.88. The quantitative estimate of drug-likeness (QED) is 0.544. The van der Waals surface area contributed by atoms with Gasteiger partial charge in [0.1, 0.15) is 0 Å². The highest BCUT2D eigenvalue weighted by Gasteiger charge is 1.89. The summed E-state index contributed by atoms with van der Waals surface area (Å²) in [6.07, 6.45) is 2.10. The van der Waals surface area contributed by atoms with Crippen LogP contribution in [0.5, 0.6) is 0 Å². The fraction of sp³-hybridized carbons (Fsp3) is 1.00. The van der Waals surface area contributed by atoms with Crippen molar-refractivity contribution in [2.75, 3.05) is 12.0 Å². The molecule has 0 aromatic heterocycles. The lowest BCUT2D eigenvalue weighted by molar-refractivity contribution is 1.14. The monoisotopic (exact) mass is 122 g/mol. The van der Waals surface area contributed by atoms with E-state index in [-0.39, 0.29) is 0 Å². The zero-order valence-corrected chi connectivity index (χ0v) is 5.85. The summed E-state index contributed by atoms with van der Waals surface area (Å²) in [5.41, 5.74) is 0. The van der Waals surface area contributed by atoms with Gasteiger partial charge in [-0.3, -0.25) is 0 Å². The summed E-state index contributed by atoms with van der Waals surface area (Å²) >= 11 is 5.92. The van der Waals surface area contributed by atoms with Crippen molar-refractivity contribution in [3.8, 4) is 0 Å². The maximum absolute atomic E-state index is 4.07. The molecule has 0 aromatic carbocycles. The third-order valence-corrected chi connectivity index (χ3v) is 2.43. The third-order valence-electron chi connectivity index (χ3n) is 0.659. The van der Waals surface area contributed by atoms with Gasteiger partial charge in [0, 0.05) is 11.0 Å². The lowest BCUT2D eigenvalue weighted by Gasteiger charge is -1.98. The Kier molecular flexibility index (Phi) is 4.33. The van der Waals surface area contributed by atoms with Crippen molar-refractivity contribution < 1.29 is 0 Å². The Morgan fingerprint density at radius 3 is 2.33 bits per heavy atom. The molecule has 1 atom stereocenters. The minimum atomic E-state index is 0.716. The Morgan fingerprint density at radius 1 is 1.83 bits per heavy atom. The van der Waals surface area contributed by atoms with Gasteiger partial charge in [-0.15, -0.1) is 0 Å². The van der Waals surface area contributed by atoms with Crippen LogP contribution >= 0.6 is 24.4 Å². The van der Waals surface area contributed by atoms with E-state index in [0.717, 1.165) is 5.75 Å². The lowest BCUT2D eigenvalue weighted by atomic mass is 10.6. The fourth-order valence-electron chi connectivity index (χ4n) is 0.0745. The Morgan fingerprint density at radius 2 is 2.33 bits per heavy atom. The summed E-state index contributed by atoms with van der Waals surface area (Å²) in [4.78, 5) is 0. The molecule has 0 heterocycles. The summed E-state index contributed by atoms with van der Waals surface area (Å²) in [5.74, 6) is 0.987. The molecular formula is C4H10S2. The average molecular weight is 122 g/mol. The van der Waals surface area contributed by atoms with Crippen LogP contribution in [-0.2, 0) is 0 Å². The summed E-state index contributed by atoms with van der Waals surface area (Å²) < 4.78 is 0. The molecule has 0 aliphatic carbocycles. The van der Waals surface area contributed by atoms with Crippen molar-refractivity contribution >= 4 is 24.4 Å². The van der Waals surface area contributed by atoms with E-state index in [1.165, 1.54) is 0 Å². The van der Waals surface area contributed by atoms with Gasteiger partial charge in [-0.05, 0) is 6.26 Å². The van der Waals surface area contributed by atoms with Crippen molar-refractivity contribution in [2.45, 2.75) is 12.2 Å². The molecule has 0 fully saturated rings. The third kappa shape index (κ3) is 2.91. The number of rotatable bonds is 2. The lowest BCUT2D eigenvalue weighted by Crippen LogP contribution is -1.93. The average Bonchev–Trinajstić information content (AvgIpc) is 1.65. The molecule has 0 rings (SSSR count). The van der Waals surface area contributed by atoms with E-state index in [2.05, 4.69) is 25.8 Å². The minimum absolute atomic E-state index is 0.716. The first kappa shape index (κ1) is 6.70. The fourth-order valence-corrected chi connectivity index (χ4v) is 0.671. The van der Waals surface area contributed by atoms with E-state index in [4.69, 9.17) is 0 Å². The molecule has 0 N–H and O–H groups in total. The van der Waals surface area contributed by atoms with Gasteiger partial charge in [-0.25, -0.2) is 0 Å². The summed E-state index contributed by atoms with van der Waals surface area (Å²) in [6.45, 7) is 2.16. The molecule has 6 heavy (non-hydrogen) atoms. The molecule has 0 aliphatic rings. The highest BCUT2D eigenvalue weighted by molar-refractivity contribution is 7.99. The van der Waals surface area contributed by atoms with Crippen molar-refractivity contribution in [3.05, 3.63) is 0 Å². The van der Waals surface area contributed by atoms with E-state index >= 15 is 0 Å². The molecule has 0 amide bonds. The molecule has 0 unspecified atom stereocenters. The number of hydrogen-bond donors (Lipinski definition) is 1. The molecule has 0 spiro atoms. The molecule has 2 heteroatoms. The molecule has 0 radical (unpaired) electrons. The van der Waals surface area contributed by atoms with E-state index in [1.54, 1.807) is 0 Å². The Hall–Kier alpha value is 0.700. The van der Waals surface area contributed by atoms with Crippen LogP contribution in [0.3, 0.4) is 0 Å². The van der Waals surface area contributed by atoms with E-state index < -0.39 is 0 Å². The predicted molar refractivity (Wildman–Crippen MR) is 36.8 cm³/mol. The van der Waals surface area contributed by atoms with Crippen molar-refractivity contribution in [1.29, 1.82) is 0 Å². The molecule has 38 valence electrons. The van der Waals surface area contributed by atoms with Gasteiger partial charge in [0.05, 0.1) is 0 Å². The standard InChI is InChI=1S/C4H10S2/c1-4(3-5)6-2/h4-5H,3H2,1-2H3/t4-/m0/s1. The normalized spacial score (nSPS) is 14.5. The molecule has 0 nitrogen and oxygen atoms in total. The van der Waals surface area contributed by atoms with Gasteiger partial charge in [0.2, 0.25) is 0 Å². The molecule has 0 aromatic rings. The van der Waals surface area contributed by atoms with Crippen LogP contribution in [0.1, 0.15) is 6.92 Å². The highest BCUT2D eigenvalue weighted by Crippen LogP contribution is 2.04. The van der Waals surface area contributed by atoms with Crippen LogP contribution in [0.2, 0.25) is 0 Å². The van der Waals surface area contributed by atoms with Gasteiger partial charge in [-0.1, -0.05) is 6.92 Å². The van der Waals surface area contributed by atoms with E-state index in [1.807, 2.05) is 11.8 Å². The van der Waals surface area contributed by atoms with Crippen molar-refractivity contribution in [2.24, 2.45) is 0 Å². The SMILES string of the molecule is CS[C@@H](C)CS. The minimum Gasteiger partial charge on any atom is -0.178 e. The first-order valence-corrected chi connectivity index (χ1v) is 3.87. The zero-order valence-electron chi connectivity index (χ0n) is 4.14. The first-order chi connectivity index (χ1) is 2.81. The number of thioether (sulfide) groups is 1. The first-order valence-electron chi connectivity index (χ1n) is 1.95. The maximum Gasteiger partial charge on any atom is 0.0104 e. The topological polar surface area (TPSA) is 0 Å². The van der Waals surface area contributed by atoms with Gasteiger partial charge in [0.15, 0.2) is 0 Å². The largest absolute Gasteiger partial charge is 0.178 e. The second-order valence-corrected chi connectivity index (χ2v) is 2.87. The summed E-state index contributed by atoms with van der Waals surface area (Å²) in [5, 5.41) is 0.716. The Bertz CT molecular complexity index is 24.7. The smallest absolute Gasteiger partial charge is 0.0104 e. The Balaban J connectivity index is 2.75. The van der Waals surface area contributed by atoms with Gasteiger partial charge >= 0.3 is 0 Å². The van der Waals surface area contributed by atoms with Crippen LogP contribution in [-0.4, -0.2) is 17.3 Å². The van der Waals surface area contributed by atoms with Gasteiger partial charge < -0.3 is 0 Å². The Labute approximate surface area is 49.1 Å². The summed E-state index contributed by atoms with van der Waals surface area (Å²) in [7, 11) is 0. The second-order valence-electron chi connectivity index (χ2n) is 1.23. The number of hydrogen-bond acceptors (Lipinski definition) is 2. The van der Waals surface area contributed by atoms with Crippen LogP contribution in [0.25, 0.3) is 0 Å². The van der Waals surface area contributed by atoms with Crippen molar-refractivity contribution in [3.63, 3.8) is 0 Å². The van der Waals surface area contributed by atoms with Crippen LogP contribution < -0.4 is 0 Å². The molecular weight excluding hydrogens is 112 g/mol. The van der Waals surface area contributed by atoms with Gasteiger partial charge in [-0.2, -0.15) is 24.4 Å². The zero-order chi connectivity index (χ0) is 4.99. The summed E-state index contributed by atoms with van der Waals surface area (Å²) in [6, 6.07) is 0. The van der Waals surface area contributed by atoms with E-state index in [9.17, 15) is 0 Å². The predicted octanol–water partition coefficient (Wildman–Crippen LogP) is 1.67. The highest BCUT2D eigenvalue weighted by atomic mass is 32.2. The van der Waals surface area contributed by atoms with Crippen molar-refractivity contribution in [1.82, 2.24) is 0 Å². The molecule has 0 saturated carbocycles. The van der Waals surface area contributed by atoms with Crippen LogP contribution in [0.4, 0.5) is 0 Å². The van der Waals surface area contributed by atoms with Crippen LogP contribution in [0, 0.1) is 0 Å². The number of thiol groups is 1. The maximum atomic E-state index is 4.07. The molecule has 0 aliphatic heterocycles. The van der Waals surface area contributed by atoms with Gasteiger partial charge in [0.25, 0.3) is 0 Å².